The van der Waals surface area contributed by atoms with Crippen LogP contribution in [0.1, 0.15) is 27.9 Å². The number of carbonyl (C=O) groups excluding carboxylic acids is 2. The number of hydrogen-bond donors (Lipinski definition) is 1. The van der Waals surface area contributed by atoms with Crippen molar-refractivity contribution in [3.8, 4) is 0 Å². The third-order valence-electron chi connectivity index (χ3n) is 5.32. The highest BCUT2D eigenvalue weighted by molar-refractivity contribution is 6.08. The molecule has 7 heteroatoms. The Labute approximate surface area is 172 Å². The molecule has 7 nitrogen and oxygen atoms in total. The Morgan fingerprint density at radius 1 is 1.10 bits per heavy atom. The highest BCUT2D eigenvalue weighted by atomic mass is 16.6. The van der Waals surface area contributed by atoms with E-state index in [-0.39, 0.29) is 11.8 Å². The van der Waals surface area contributed by atoms with Crippen LogP contribution >= 0.6 is 0 Å². The van der Waals surface area contributed by atoms with E-state index in [0.717, 1.165) is 28.9 Å². The number of hydrogen-bond acceptors (Lipinski definition) is 5. The Hall–Kier alpha value is -3.87. The van der Waals surface area contributed by atoms with Crippen molar-refractivity contribution in [2.45, 2.75) is 18.9 Å². The van der Waals surface area contributed by atoms with Gasteiger partial charge in [0.2, 0.25) is 6.10 Å². The van der Waals surface area contributed by atoms with Crippen molar-refractivity contribution >= 4 is 28.9 Å². The molecule has 0 saturated heterocycles. The SMILES string of the molecule is O=C(Nc1ccc2c(c1)CCN2C(=O)c1ccoc1)[C@@H]1CC(c2ccccc2)=NO1. The summed E-state index contributed by atoms with van der Waals surface area (Å²) in [4.78, 5) is 32.3. The summed E-state index contributed by atoms with van der Waals surface area (Å²) in [6.45, 7) is 0.594. The summed E-state index contributed by atoms with van der Waals surface area (Å²) in [5.41, 5.74) is 4.77. The van der Waals surface area contributed by atoms with Gasteiger partial charge in [-0.3, -0.25) is 9.59 Å². The maximum absolute atomic E-state index is 12.6. The molecular weight excluding hydrogens is 382 g/mol. The first-order chi connectivity index (χ1) is 14.7. The highest BCUT2D eigenvalue weighted by Gasteiger charge is 2.30. The number of fused-ring (bicyclic) bond motifs is 1. The second kappa shape index (κ2) is 7.51. The predicted molar refractivity (Wildman–Crippen MR) is 112 cm³/mol. The minimum Gasteiger partial charge on any atom is -0.472 e. The van der Waals surface area contributed by atoms with Crippen molar-refractivity contribution in [1.29, 1.82) is 0 Å². The second-order valence-electron chi connectivity index (χ2n) is 7.25. The van der Waals surface area contributed by atoms with Crippen LogP contribution in [0.4, 0.5) is 11.4 Å². The lowest BCUT2D eigenvalue weighted by molar-refractivity contribution is -0.125. The van der Waals surface area contributed by atoms with Gasteiger partial charge in [0.05, 0.1) is 17.5 Å². The monoisotopic (exact) mass is 401 g/mol. The first-order valence-electron chi connectivity index (χ1n) is 9.75. The Bertz CT molecular complexity index is 1120. The third-order valence-corrected chi connectivity index (χ3v) is 5.32. The molecular formula is C23H19N3O4. The minimum atomic E-state index is -0.660. The standard InChI is InChI=1S/C23H19N3O4/c27-22(21-13-19(25-30-21)15-4-2-1-3-5-15)24-18-6-7-20-16(12-18)8-10-26(20)23(28)17-9-11-29-14-17/h1-7,9,11-12,14,21H,8,10,13H2,(H,24,27)/t21-/m0/s1. The quantitative estimate of drug-likeness (QED) is 0.724. The highest BCUT2D eigenvalue weighted by Crippen LogP contribution is 2.32. The van der Waals surface area contributed by atoms with Crippen LogP contribution in [0.3, 0.4) is 0 Å². The zero-order chi connectivity index (χ0) is 20.5. The summed E-state index contributed by atoms with van der Waals surface area (Å²) in [6, 6.07) is 16.9. The number of amides is 2. The predicted octanol–water partition coefficient (Wildman–Crippen LogP) is 3.61. The van der Waals surface area contributed by atoms with Crippen LogP contribution in [0.2, 0.25) is 0 Å². The second-order valence-corrected chi connectivity index (χ2v) is 7.25. The molecule has 3 aromatic rings. The van der Waals surface area contributed by atoms with E-state index in [1.165, 1.54) is 12.5 Å². The van der Waals surface area contributed by atoms with Crippen molar-refractivity contribution in [2.75, 3.05) is 16.8 Å². The zero-order valence-electron chi connectivity index (χ0n) is 16.1. The molecule has 1 aromatic heterocycles. The molecule has 2 aliphatic rings. The molecule has 0 fully saturated rings. The summed E-state index contributed by atoms with van der Waals surface area (Å²) < 4.78 is 5.01. The van der Waals surface area contributed by atoms with Gasteiger partial charge in [-0.05, 0) is 41.8 Å². The fourth-order valence-electron chi connectivity index (χ4n) is 3.77. The minimum absolute atomic E-state index is 0.0933. The van der Waals surface area contributed by atoms with Gasteiger partial charge < -0.3 is 19.5 Å². The normalized spacial score (nSPS) is 17.3. The number of oxime groups is 1. The molecule has 5 rings (SSSR count). The molecule has 1 N–H and O–H groups in total. The van der Waals surface area contributed by atoms with Crippen LogP contribution in [-0.4, -0.2) is 30.2 Å². The van der Waals surface area contributed by atoms with Gasteiger partial charge in [-0.25, -0.2) is 0 Å². The molecule has 3 heterocycles. The average Bonchev–Trinajstić information content (AvgIpc) is 3.54. The Balaban J connectivity index is 1.25. The molecule has 0 spiro atoms. The first kappa shape index (κ1) is 18.2. The van der Waals surface area contributed by atoms with E-state index in [1.807, 2.05) is 42.5 Å². The summed E-state index contributed by atoms with van der Waals surface area (Å²) in [6.07, 6.45) is 3.42. The van der Waals surface area contributed by atoms with Gasteiger partial charge in [-0.2, -0.15) is 0 Å². The maximum atomic E-state index is 12.6. The van der Waals surface area contributed by atoms with Crippen LogP contribution in [0, 0.1) is 0 Å². The summed E-state index contributed by atoms with van der Waals surface area (Å²) in [5.74, 6) is -0.335. The molecule has 2 aliphatic heterocycles. The molecule has 150 valence electrons. The van der Waals surface area contributed by atoms with Crippen molar-refractivity contribution in [3.63, 3.8) is 0 Å². The maximum Gasteiger partial charge on any atom is 0.268 e. The number of nitrogens with one attached hydrogen (secondary N) is 1. The van der Waals surface area contributed by atoms with Crippen LogP contribution in [0.15, 0.2) is 76.7 Å². The van der Waals surface area contributed by atoms with Crippen LogP contribution in [0.5, 0.6) is 0 Å². The summed E-state index contributed by atoms with van der Waals surface area (Å²) >= 11 is 0. The van der Waals surface area contributed by atoms with Crippen LogP contribution < -0.4 is 10.2 Å². The Morgan fingerprint density at radius 2 is 1.97 bits per heavy atom. The van der Waals surface area contributed by atoms with Crippen molar-refractivity contribution in [1.82, 2.24) is 0 Å². The molecule has 1 atom stereocenters. The van der Waals surface area contributed by atoms with E-state index in [0.29, 0.717) is 24.2 Å². The summed E-state index contributed by atoms with van der Waals surface area (Å²) in [5, 5.41) is 6.97. The number of rotatable bonds is 4. The van der Waals surface area contributed by atoms with Gasteiger partial charge in [0, 0.05) is 24.3 Å². The molecule has 2 aromatic carbocycles. The van der Waals surface area contributed by atoms with Crippen molar-refractivity contribution in [2.24, 2.45) is 5.16 Å². The number of nitrogens with zero attached hydrogens (tertiary/aromatic N) is 2. The fourth-order valence-corrected chi connectivity index (χ4v) is 3.77. The van der Waals surface area contributed by atoms with E-state index >= 15 is 0 Å². The largest absolute Gasteiger partial charge is 0.472 e. The Kier molecular flexibility index (Phi) is 4.55. The molecule has 0 saturated carbocycles. The third kappa shape index (κ3) is 3.34. The van der Waals surface area contributed by atoms with Gasteiger partial charge >= 0.3 is 0 Å². The lowest BCUT2D eigenvalue weighted by atomic mass is 10.0. The van der Waals surface area contributed by atoms with Crippen molar-refractivity contribution < 1.29 is 18.8 Å². The van der Waals surface area contributed by atoms with E-state index < -0.39 is 6.10 Å². The number of carbonyl (C=O) groups is 2. The lowest BCUT2D eigenvalue weighted by Gasteiger charge is -2.17. The molecule has 30 heavy (non-hydrogen) atoms. The van der Waals surface area contributed by atoms with Crippen LogP contribution in [0.25, 0.3) is 0 Å². The molecule has 0 radical (unpaired) electrons. The smallest absolute Gasteiger partial charge is 0.268 e. The van der Waals surface area contributed by atoms with E-state index in [2.05, 4.69) is 10.5 Å². The number of furan rings is 1. The number of anilines is 2. The van der Waals surface area contributed by atoms with E-state index in [4.69, 9.17) is 9.25 Å². The number of benzene rings is 2. The molecule has 0 bridgehead atoms. The molecule has 0 unspecified atom stereocenters. The first-order valence-corrected chi connectivity index (χ1v) is 9.75. The van der Waals surface area contributed by atoms with Gasteiger partial charge in [0.1, 0.15) is 6.26 Å². The topological polar surface area (TPSA) is 84.1 Å². The van der Waals surface area contributed by atoms with Gasteiger partial charge in [-0.1, -0.05) is 35.5 Å². The molecule has 2 amide bonds. The van der Waals surface area contributed by atoms with Gasteiger partial charge in [0.25, 0.3) is 11.8 Å². The average molecular weight is 401 g/mol. The molecule has 0 aliphatic carbocycles. The van der Waals surface area contributed by atoms with Crippen molar-refractivity contribution in [3.05, 3.63) is 83.8 Å². The fraction of sp³-hybridized carbons (Fsp3) is 0.174. The van der Waals surface area contributed by atoms with Gasteiger partial charge in [-0.15, -0.1) is 0 Å². The summed E-state index contributed by atoms with van der Waals surface area (Å²) in [7, 11) is 0. The van der Waals surface area contributed by atoms with Crippen LogP contribution in [-0.2, 0) is 16.1 Å². The van der Waals surface area contributed by atoms with E-state index in [9.17, 15) is 9.59 Å². The van der Waals surface area contributed by atoms with E-state index in [1.54, 1.807) is 17.0 Å². The Morgan fingerprint density at radius 3 is 2.77 bits per heavy atom. The lowest BCUT2D eigenvalue weighted by Crippen LogP contribution is -2.28. The zero-order valence-corrected chi connectivity index (χ0v) is 16.1. The van der Waals surface area contributed by atoms with Gasteiger partial charge in [0.15, 0.2) is 0 Å².